The van der Waals surface area contributed by atoms with Crippen LogP contribution in [0.5, 0.6) is 0 Å². The van der Waals surface area contributed by atoms with Gasteiger partial charge in [0.1, 0.15) is 11.5 Å². The number of nitrogens with one attached hydrogen (secondary N) is 1. The van der Waals surface area contributed by atoms with Gasteiger partial charge in [-0.3, -0.25) is 9.59 Å². The minimum Gasteiger partial charge on any atom is -0.435 e. The molecule has 6 nitrogen and oxygen atoms in total. The lowest BCUT2D eigenvalue weighted by Gasteiger charge is -2.11. The molecule has 1 aromatic carbocycles. The van der Waals surface area contributed by atoms with E-state index in [0.29, 0.717) is 31.1 Å². The van der Waals surface area contributed by atoms with E-state index in [0.717, 1.165) is 5.56 Å². The smallest absolute Gasteiger partial charge is 0.307 e. The van der Waals surface area contributed by atoms with Gasteiger partial charge >= 0.3 is 5.91 Å². The number of carbonyl (C=O) groups is 2. The molecule has 0 radical (unpaired) electrons. The van der Waals surface area contributed by atoms with Crippen LogP contribution in [0.1, 0.15) is 34.6 Å². The molecule has 3 rings (SSSR count). The number of aromatic nitrogens is 1. The Hall–Kier alpha value is -2.63. The van der Waals surface area contributed by atoms with Crippen LogP contribution in [0.25, 0.3) is 0 Å². The van der Waals surface area contributed by atoms with Crippen molar-refractivity contribution in [1.29, 1.82) is 0 Å². The Bertz CT molecular complexity index is 655. The Morgan fingerprint density at radius 2 is 2.05 bits per heavy atom. The molecule has 0 saturated carbocycles. The largest absolute Gasteiger partial charge is 0.435 e. The molecule has 108 valence electrons. The molecule has 2 aromatic rings. The van der Waals surface area contributed by atoms with E-state index in [1.165, 1.54) is 6.92 Å². The Kier molecular flexibility index (Phi) is 3.43. The van der Waals surface area contributed by atoms with Crippen molar-refractivity contribution in [3.63, 3.8) is 0 Å². The summed E-state index contributed by atoms with van der Waals surface area (Å²) in [7, 11) is 0. The molecule has 0 bridgehead atoms. The van der Waals surface area contributed by atoms with Crippen molar-refractivity contribution in [3.8, 4) is 0 Å². The highest BCUT2D eigenvalue weighted by molar-refractivity contribution is 5.89. The maximum Gasteiger partial charge on any atom is 0.307 e. The molecular formula is C15H15N3O3. The van der Waals surface area contributed by atoms with Gasteiger partial charge in [0.2, 0.25) is 5.91 Å². The molecule has 1 N–H and O–H groups in total. The van der Waals surface area contributed by atoms with Crippen LogP contribution in [-0.4, -0.2) is 21.7 Å². The fourth-order valence-corrected chi connectivity index (χ4v) is 2.21. The van der Waals surface area contributed by atoms with Crippen LogP contribution in [0, 0.1) is 0 Å². The molecule has 0 fully saturated rings. The van der Waals surface area contributed by atoms with Crippen molar-refractivity contribution in [2.24, 2.45) is 0 Å². The topological polar surface area (TPSA) is 75.4 Å². The predicted octanol–water partition coefficient (Wildman–Crippen LogP) is 1.47. The van der Waals surface area contributed by atoms with Crippen LogP contribution in [0.2, 0.25) is 0 Å². The van der Waals surface area contributed by atoms with Crippen molar-refractivity contribution >= 4 is 11.8 Å². The summed E-state index contributed by atoms with van der Waals surface area (Å²) in [6.07, 6.45) is 0. The van der Waals surface area contributed by atoms with Crippen LogP contribution < -0.4 is 5.32 Å². The summed E-state index contributed by atoms with van der Waals surface area (Å²) >= 11 is 0. The lowest BCUT2D eigenvalue weighted by Crippen LogP contribution is -2.24. The summed E-state index contributed by atoms with van der Waals surface area (Å²) in [5.41, 5.74) is 1.67. The first kappa shape index (κ1) is 13.4. The number of oxazole rings is 1. The minimum atomic E-state index is -0.345. The molecule has 0 unspecified atom stereocenters. The van der Waals surface area contributed by atoms with Crippen LogP contribution in [-0.2, 0) is 24.4 Å². The van der Waals surface area contributed by atoms with Crippen molar-refractivity contribution in [2.45, 2.75) is 26.6 Å². The lowest BCUT2D eigenvalue weighted by atomic mass is 10.2. The van der Waals surface area contributed by atoms with Gasteiger partial charge in [-0.15, -0.1) is 0 Å². The summed E-state index contributed by atoms with van der Waals surface area (Å²) < 4.78 is 5.44. The van der Waals surface area contributed by atoms with Gasteiger partial charge < -0.3 is 14.6 Å². The maximum absolute atomic E-state index is 12.0. The van der Waals surface area contributed by atoms with Crippen molar-refractivity contribution in [1.82, 2.24) is 15.2 Å². The summed E-state index contributed by atoms with van der Waals surface area (Å²) in [4.78, 5) is 29.0. The average Bonchev–Trinajstić information content (AvgIpc) is 3.04. The standard InChI is InChI=1S/C15H15N3O3/c1-10(19)18-8-12-13(9-18)21-15(17-12)14(20)16-7-11-5-3-2-4-6-11/h2-6H,7-9H2,1H3,(H,16,20). The zero-order valence-electron chi connectivity index (χ0n) is 11.6. The van der Waals surface area contributed by atoms with E-state index in [2.05, 4.69) is 10.3 Å². The van der Waals surface area contributed by atoms with E-state index in [1.54, 1.807) is 4.90 Å². The SMILES string of the molecule is CC(=O)N1Cc2nc(C(=O)NCc3ccccc3)oc2C1. The highest BCUT2D eigenvalue weighted by Crippen LogP contribution is 2.23. The number of hydrogen-bond donors (Lipinski definition) is 1. The molecule has 2 amide bonds. The minimum absolute atomic E-state index is 0.0294. The second kappa shape index (κ2) is 5.40. The number of fused-ring (bicyclic) bond motifs is 1. The summed E-state index contributed by atoms with van der Waals surface area (Å²) in [6.45, 7) is 2.70. The Morgan fingerprint density at radius 1 is 1.29 bits per heavy atom. The van der Waals surface area contributed by atoms with E-state index in [9.17, 15) is 9.59 Å². The second-order valence-corrected chi connectivity index (χ2v) is 4.93. The van der Waals surface area contributed by atoms with Crippen molar-refractivity contribution < 1.29 is 14.0 Å². The van der Waals surface area contributed by atoms with Gasteiger partial charge in [0, 0.05) is 13.5 Å². The number of benzene rings is 1. The first-order chi connectivity index (χ1) is 10.1. The van der Waals surface area contributed by atoms with Gasteiger partial charge in [-0.25, -0.2) is 4.98 Å². The Balaban J connectivity index is 1.63. The molecule has 2 heterocycles. The summed E-state index contributed by atoms with van der Waals surface area (Å²) in [5.74, 6) is 0.273. The van der Waals surface area contributed by atoms with Crippen LogP contribution in [0.3, 0.4) is 0 Å². The van der Waals surface area contributed by atoms with Crippen LogP contribution >= 0.6 is 0 Å². The van der Waals surface area contributed by atoms with E-state index in [1.807, 2.05) is 30.3 Å². The average molecular weight is 285 g/mol. The molecule has 0 atom stereocenters. The molecular weight excluding hydrogens is 270 g/mol. The number of hydrogen-bond acceptors (Lipinski definition) is 4. The molecule has 0 aliphatic carbocycles. The number of nitrogens with zero attached hydrogens (tertiary/aromatic N) is 2. The molecule has 1 aliphatic rings. The second-order valence-electron chi connectivity index (χ2n) is 4.93. The van der Waals surface area contributed by atoms with Crippen LogP contribution in [0.4, 0.5) is 0 Å². The quantitative estimate of drug-likeness (QED) is 0.926. The third-order valence-electron chi connectivity index (χ3n) is 3.39. The molecule has 21 heavy (non-hydrogen) atoms. The van der Waals surface area contributed by atoms with E-state index < -0.39 is 0 Å². The highest BCUT2D eigenvalue weighted by atomic mass is 16.4. The van der Waals surface area contributed by atoms with Gasteiger partial charge in [0.25, 0.3) is 5.89 Å². The summed E-state index contributed by atoms with van der Waals surface area (Å²) in [6, 6.07) is 9.61. The third kappa shape index (κ3) is 2.79. The maximum atomic E-state index is 12.0. The van der Waals surface area contributed by atoms with Crippen molar-refractivity contribution in [2.75, 3.05) is 0 Å². The molecule has 0 saturated heterocycles. The first-order valence-electron chi connectivity index (χ1n) is 6.69. The Labute approximate surface area is 121 Å². The lowest BCUT2D eigenvalue weighted by molar-refractivity contribution is -0.129. The van der Waals surface area contributed by atoms with Gasteiger partial charge in [-0.05, 0) is 5.56 Å². The number of carbonyl (C=O) groups excluding carboxylic acids is 2. The zero-order chi connectivity index (χ0) is 14.8. The van der Waals surface area contributed by atoms with E-state index in [4.69, 9.17) is 4.42 Å². The van der Waals surface area contributed by atoms with E-state index in [-0.39, 0.29) is 17.7 Å². The third-order valence-corrected chi connectivity index (χ3v) is 3.39. The summed E-state index contributed by atoms with van der Waals surface area (Å²) in [5, 5.41) is 2.76. The fraction of sp³-hybridized carbons (Fsp3) is 0.267. The fourth-order valence-electron chi connectivity index (χ4n) is 2.21. The Morgan fingerprint density at radius 3 is 2.71 bits per heavy atom. The normalized spacial score (nSPS) is 13.1. The molecule has 1 aromatic heterocycles. The molecule has 0 spiro atoms. The highest BCUT2D eigenvalue weighted by Gasteiger charge is 2.28. The van der Waals surface area contributed by atoms with Crippen LogP contribution in [0.15, 0.2) is 34.7 Å². The first-order valence-corrected chi connectivity index (χ1v) is 6.69. The molecule has 6 heteroatoms. The van der Waals surface area contributed by atoms with Gasteiger partial charge in [0.05, 0.1) is 13.1 Å². The monoisotopic (exact) mass is 285 g/mol. The number of rotatable bonds is 3. The molecule has 1 aliphatic heterocycles. The van der Waals surface area contributed by atoms with Gasteiger partial charge in [0.15, 0.2) is 0 Å². The zero-order valence-corrected chi connectivity index (χ0v) is 11.6. The van der Waals surface area contributed by atoms with Crippen molar-refractivity contribution in [3.05, 3.63) is 53.2 Å². The van der Waals surface area contributed by atoms with E-state index >= 15 is 0 Å². The van der Waals surface area contributed by atoms with Gasteiger partial charge in [-0.1, -0.05) is 30.3 Å². The predicted molar refractivity (Wildman–Crippen MR) is 74.0 cm³/mol. The number of amides is 2. The van der Waals surface area contributed by atoms with Gasteiger partial charge in [-0.2, -0.15) is 0 Å².